The van der Waals surface area contributed by atoms with Crippen LogP contribution in [0.4, 0.5) is 0 Å². The highest BCUT2D eigenvalue weighted by atomic mass is 16.1. The summed E-state index contributed by atoms with van der Waals surface area (Å²) in [6.45, 7) is 0.921. The molecule has 0 amide bonds. The van der Waals surface area contributed by atoms with E-state index in [0.717, 1.165) is 44.3 Å². The zero-order valence-corrected chi connectivity index (χ0v) is 9.85. The number of rotatable bonds is 2. The number of ketones is 1. The molecule has 1 N–H and O–H groups in total. The number of hydrogen-bond donors (Lipinski definition) is 1. The van der Waals surface area contributed by atoms with Crippen LogP contribution in [0.25, 0.3) is 0 Å². The van der Waals surface area contributed by atoms with E-state index in [2.05, 4.69) is 15.0 Å². The molecule has 1 aliphatic heterocycles. The fourth-order valence-electron chi connectivity index (χ4n) is 2.97. The number of carbonyl (C=O) groups excluding carboxylic acids is 1. The molecular weight excluding hydrogens is 214 g/mol. The standard InChI is InChI=1S/C13H17N3O/c17-13-9(6-10-7-14-8-16-10)3-4-12-11(13)2-1-5-15-12/h7-9,11H,1-6H2,(H,14,16). The Bertz CT molecular complexity index is 436. The molecule has 2 aliphatic rings. The van der Waals surface area contributed by atoms with Crippen molar-refractivity contribution in [3.63, 3.8) is 0 Å². The normalized spacial score (nSPS) is 28.7. The van der Waals surface area contributed by atoms with Crippen molar-refractivity contribution in [1.82, 2.24) is 9.97 Å². The summed E-state index contributed by atoms with van der Waals surface area (Å²) >= 11 is 0. The van der Waals surface area contributed by atoms with Crippen molar-refractivity contribution in [2.75, 3.05) is 6.54 Å². The Kier molecular flexibility index (Phi) is 2.79. The molecule has 2 unspecified atom stereocenters. The molecule has 4 heteroatoms. The molecule has 3 rings (SSSR count). The van der Waals surface area contributed by atoms with Gasteiger partial charge in [0.2, 0.25) is 0 Å². The maximum Gasteiger partial charge on any atom is 0.145 e. The van der Waals surface area contributed by atoms with E-state index in [9.17, 15) is 4.79 Å². The number of nitrogens with zero attached hydrogens (tertiary/aromatic N) is 2. The molecule has 4 nitrogen and oxygen atoms in total. The molecule has 0 bridgehead atoms. The van der Waals surface area contributed by atoms with E-state index >= 15 is 0 Å². The predicted molar refractivity (Wildman–Crippen MR) is 65.0 cm³/mol. The lowest BCUT2D eigenvalue weighted by molar-refractivity contribution is -0.126. The molecule has 2 atom stereocenters. The first-order valence-corrected chi connectivity index (χ1v) is 6.39. The zero-order chi connectivity index (χ0) is 11.7. The summed E-state index contributed by atoms with van der Waals surface area (Å²) in [6, 6.07) is 0. The molecule has 17 heavy (non-hydrogen) atoms. The monoisotopic (exact) mass is 231 g/mol. The number of fused-ring (bicyclic) bond motifs is 1. The van der Waals surface area contributed by atoms with Gasteiger partial charge in [0.1, 0.15) is 5.78 Å². The average molecular weight is 231 g/mol. The highest BCUT2D eigenvalue weighted by Crippen LogP contribution is 2.31. The predicted octanol–water partition coefficient (Wildman–Crippen LogP) is 1.78. The van der Waals surface area contributed by atoms with E-state index in [1.165, 1.54) is 5.71 Å². The van der Waals surface area contributed by atoms with Crippen LogP contribution in [0.15, 0.2) is 17.5 Å². The summed E-state index contributed by atoms with van der Waals surface area (Å²) in [5, 5.41) is 0. The molecule has 0 radical (unpaired) electrons. The van der Waals surface area contributed by atoms with Gasteiger partial charge in [-0.1, -0.05) is 0 Å². The minimum absolute atomic E-state index is 0.130. The molecule has 0 spiro atoms. The smallest absolute Gasteiger partial charge is 0.145 e. The van der Waals surface area contributed by atoms with Gasteiger partial charge in [-0.15, -0.1) is 0 Å². The van der Waals surface area contributed by atoms with Crippen LogP contribution in [0.2, 0.25) is 0 Å². The van der Waals surface area contributed by atoms with Crippen LogP contribution < -0.4 is 0 Å². The van der Waals surface area contributed by atoms with Crippen LogP contribution in [0.3, 0.4) is 0 Å². The molecule has 0 aromatic carbocycles. The zero-order valence-electron chi connectivity index (χ0n) is 9.85. The first kappa shape index (κ1) is 10.7. The van der Waals surface area contributed by atoms with E-state index in [1.807, 2.05) is 6.20 Å². The second-order valence-electron chi connectivity index (χ2n) is 4.99. The van der Waals surface area contributed by atoms with Gasteiger partial charge < -0.3 is 4.98 Å². The summed E-state index contributed by atoms with van der Waals surface area (Å²) in [6.07, 6.45) is 8.34. The average Bonchev–Trinajstić information content (AvgIpc) is 2.86. The second kappa shape index (κ2) is 4.43. The first-order chi connectivity index (χ1) is 8.34. The maximum absolute atomic E-state index is 12.4. The van der Waals surface area contributed by atoms with Crippen LogP contribution in [-0.2, 0) is 11.2 Å². The summed E-state index contributed by atoms with van der Waals surface area (Å²) in [7, 11) is 0. The molecule has 1 aromatic rings. The van der Waals surface area contributed by atoms with Crippen molar-refractivity contribution in [1.29, 1.82) is 0 Å². The van der Waals surface area contributed by atoms with Gasteiger partial charge in [0.25, 0.3) is 0 Å². The number of Topliss-reactive ketones (excluding diaryl/α,β-unsaturated/α-hetero) is 1. The van der Waals surface area contributed by atoms with Gasteiger partial charge in [-0.3, -0.25) is 9.79 Å². The molecular formula is C13H17N3O. The van der Waals surface area contributed by atoms with Crippen molar-refractivity contribution in [3.05, 3.63) is 18.2 Å². The number of nitrogens with one attached hydrogen (secondary N) is 1. The second-order valence-corrected chi connectivity index (χ2v) is 4.99. The molecule has 1 aromatic heterocycles. The lowest BCUT2D eigenvalue weighted by atomic mass is 9.74. The van der Waals surface area contributed by atoms with E-state index in [0.29, 0.717) is 5.78 Å². The van der Waals surface area contributed by atoms with Gasteiger partial charge >= 0.3 is 0 Å². The lowest BCUT2D eigenvalue weighted by Crippen LogP contribution is -2.38. The third kappa shape index (κ3) is 2.04. The summed E-state index contributed by atoms with van der Waals surface area (Å²) in [5.74, 6) is 0.701. The van der Waals surface area contributed by atoms with E-state index in [-0.39, 0.29) is 11.8 Å². The largest absolute Gasteiger partial charge is 0.348 e. The van der Waals surface area contributed by atoms with Gasteiger partial charge in [0.05, 0.1) is 12.2 Å². The number of aliphatic imine (C=N–C) groups is 1. The minimum atomic E-state index is 0.130. The summed E-state index contributed by atoms with van der Waals surface area (Å²) in [5.41, 5.74) is 2.24. The maximum atomic E-state index is 12.4. The van der Waals surface area contributed by atoms with Crippen LogP contribution in [0.5, 0.6) is 0 Å². The van der Waals surface area contributed by atoms with Crippen LogP contribution in [-0.4, -0.2) is 28.0 Å². The third-order valence-corrected chi connectivity index (χ3v) is 3.88. The van der Waals surface area contributed by atoms with Crippen molar-refractivity contribution in [2.45, 2.75) is 32.1 Å². The van der Waals surface area contributed by atoms with Gasteiger partial charge in [0.15, 0.2) is 0 Å². The summed E-state index contributed by atoms with van der Waals surface area (Å²) < 4.78 is 0. The van der Waals surface area contributed by atoms with Crippen LogP contribution in [0.1, 0.15) is 31.4 Å². The molecule has 1 aliphatic carbocycles. The molecule has 2 heterocycles. The number of hydrogen-bond acceptors (Lipinski definition) is 3. The fourth-order valence-corrected chi connectivity index (χ4v) is 2.97. The quantitative estimate of drug-likeness (QED) is 0.843. The Hall–Kier alpha value is -1.45. The van der Waals surface area contributed by atoms with Crippen molar-refractivity contribution < 1.29 is 4.79 Å². The van der Waals surface area contributed by atoms with Gasteiger partial charge in [-0.25, -0.2) is 4.98 Å². The van der Waals surface area contributed by atoms with Crippen LogP contribution >= 0.6 is 0 Å². The molecule has 0 saturated heterocycles. The first-order valence-electron chi connectivity index (χ1n) is 6.39. The highest BCUT2D eigenvalue weighted by Gasteiger charge is 2.36. The number of aromatic amines is 1. The molecule has 1 fully saturated rings. The topological polar surface area (TPSA) is 58.1 Å². The van der Waals surface area contributed by atoms with Gasteiger partial charge in [-0.2, -0.15) is 0 Å². The Morgan fingerprint density at radius 1 is 1.41 bits per heavy atom. The third-order valence-electron chi connectivity index (χ3n) is 3.88. The van der Waals surface area contributed by atoms with Gasteiger partial charge in [0, 0.05) is 30.1 Å². The Morgan fingerprint density at radius 2 is 2.35 bits per heavy atom. The Labute approximate surface area is 101 Å². The number of H-pyrrole nitrogens is 1. The number of carbonyl (C=O) groups is 1. The highest BCUT2D eigenvalue weighted by molar-refractivity contribution is 6.08. The van der Waals surface area contributed by atoms with E-state index < -0.39 is 0 Å². The number of aromatic nitrogens is 2. The molecule has 1 saturated carbocycles. The Morgan fingerprint density at radius 3 is 3.18 bits per heavy atom. The van der Waals surface area contributed by atoms with Crippen molar-refractivity contribution >= 4 is 11.5 Å². The Balaban J connectivity index is 1.73. The number of imidazole rings is 1. The fraction of sp³-hybridized carbons (Fsp3) is 0.615. The SMILES string of the molecule is O=C1C(Cc2cnc[nH]2)CCC2=NCCCC12. The van der Waals surface area contributed by atoms with Crippen molar-refractivity contribution in [3.8, 4) is 0 Å². The summed E-state index contributed by atoms with van der Waals surface area (Å²) in [4.78, 5) is 24.0. The van der Waals surface area contributed by atoms with Crippen molar-refractivity contribution in [2.24, 2.45) is 16.8 Å². The molecule has 90 valence electrons. The van der Waals surface area contributed by atoms with E-state index in [4.69, 9.17) is 0 Å². The van der Waals surface area contributed by atoms with Crippen LogP contribution in [0, 0.1) is 11.8 Å². The minimum Gasteiger partial charge on any atom is -0.348 e. The van der Waals surface area contributed by atoms with Gasteiger partial charge in [-0.05, 0) is 32.1 Å². The lowest BCUT2D eigenvalue weighted by Gasteiger charge is -2.31. The van der Waals surface area contributed by atoms with E-state index in [1.54, 1.807) is 6.33 Å².